The van der Waals surface area contributed by atoms with Crippen molar-refractivity contribution in [2.24, 2.45) is 0 Å². The molecule has 176 valence electrons. The maximum Gasteiger partial charge on any atom is 0.339 e. The number of carbonyl (C=O) groups excluding carboxylic acids is 2. The third-order valence-corrected chi connectivity index (χ3v) is 6.71. The largest absolute Gasteiger partial charge is 0.550 e. The number of carbonyl (C=O) groups is 2. The maximum absolute atomic E-state index is 12.8. The van der Waals surface area contributed by atoms with Crippen LogP contribution in [0.2, 0.25) is 0 Å². The van der Waals surface area contributed by atoms with Gasteiger partial charge >= 0.3 is 5.63 Å². The van der Waals surface area contributed by atoms with Crippen molar-refractivity contribution in [3.05, 3.63) is 44.5 Å². The molecule has 0 unspecified atom stereocenters. The first-order valence-corrected chi connectivity index (χ1v) is 11.8. The summed E-state index contributed by atoms with van der Waals surface area (Å²) in [6, 6.07) is 2.08. The highest BCUT2D eigenvalue weighted by atomic mass is 16.4. The first-order valence-electron chi connectivity index (χ1n) is 11.8. The lowest BCUT2D eigenvalue weighted by atomic mass is 9.93. The van der Waals surface area contributed by atoms with Gasteiger partial charge in [0.1, 0.15) is 16.9 Å². The first-order chi connectivity index (χ1) is 15.9. The fraction of sp³-hybridized carbons (Fsp3) is 0.500. The molecule has 1 aromatic carbocycles. The average molecular weight is 453 g/mol. The normalized spacial score (nSPS) is 13.4. The number of hydrogen-bond acceptors (Lipinski definition) is 6. The smallest absolute Gasteiger partial charge is 0.339 e. The van der Waals surface area contributed by atoms with Crippen LogP contribution in [0.15, 0.2) is 19.7 Å². The van der Waals surface area contributed by atoms with E-state index in [1.165, 1.54) is 5.56 Å². The fourth-order valence-electron chi connectivity index (χ4n) is 4.83. The quantitative estimate of drug-likeness (QED) is 0.393. The van der Waals surface area contributed by atoms with E-state index in [2.05, 4.69) is 11.4 Å². The van der Waals surface area contributed by atoms with Crippen molar-refractivity contribution in [2.75, 3.05) is 6.54 Å². The van der Waals surface area contributed by atoms with E-state index in [1.54, 1.807) is 0 Å². The molecule has 3 aromatic rings. The zero-order valence-electron chi connectivity index (χ0n) is 19.3. The molecule has 7 heteroatoms. The van der Waals surface area contributed by atoms with Gasteiger partial charge in [-0.3, -0.25) is 4.79 Å². The van der Waals surface area contributed by atoms with E-state index in [1.807, 2.05) is 13.8 Å². The molecule has 0 fully saturated rings. The van der Waals surface area contributed by atoms with Gasteiger partial charge in [-0.15, -0.1) is 0 Å². The Balaban J connectivity index is 1.49. The summed E-state index contributed by atoms with van der Waals surface area (Å²) in [4.78, 5) is 35.4. The van der Waals surface area contributed by atoms with Gasteiger partial charge in [-0.25, -0.2) is 4.79 Å². The van der Waals surface area contributed by atoms with Gasteiger partial charge in [-0.2, -0.15) is 0 Å². The first kappa shape index (κ1) is 23.1. The number of fused-ring (bicyclic) bond motifs is 4. The van der Waals surface area contributed by atoms with Gasteiger partial charge in [-0.1, -0.05) is 6.42 Å². The Kier molecular flexibility index (Phi) is 6.86. The third kappa shape index (κ3) is 4.82. The molecule has 0 bridgehead atoms. The Morgan fingerprint density at radius 1 is 0.970 bits per heavy atom. The summed E-state index contributed by atoms with van der Waals surface area (Å²) in [5, 5.41) is 15.3. The molecule has 0 saturated carbocycles. The van der Waals surface area contributed by atoms with E-state index < -0.39 is 11.6 Å². The zero-order chi connectivity index (χ0) is 23.5. The van der Waals surface area contributed by atoms with Crippen molar-refractivity contribution < 1.29 is 23.5 Å². The van der Waals surface area contributed by atoms with Crippen LogP contribution in [-0.2, 0) is 28.9 Å². The summed E-state index contributed by atoms with van der Waals surface area (Å²) in [6.45, 7) is 4.34. The van der Waals surface area contributed by atoms with E-state index >= 15 is 0 Å². The number of nitrogens with one attached hydrogen (secondary N) is 1. The Labute approximate surface area is 192 Å². The molecule has 1 amide bonds. The molecule has 1 N–H and O–H groups in total. The molecule has 1 aliphatic rings. The number of unbranched alkanes of at least 4 members (excludes halogenated alkanes) is 2. The zero-order valence-corrected chi connectivity index (χ0v) is 19.3. The Hall–Kier alpha value is -3.09. The van der Waals surface area contributed by atoms with Gasteiger partial charge in [0.15, 0.2) is 0 Å². The molecule has 2 aromatic heterocycles. The van der Waals surface area contributed by atoms with Crippen LogP contribution in [0.4, 0.5) is 0 Å². The number of hydrogen-bond donors (Lipinski definition) is 1. The van der Waals surface area contributed by atoms with Gasteiger partial charge < -0.3 is 24.1 Å². The molecule has 0 aliphatic heterocycles. The third-order valence-electron chi connectivity index (χ3n) is 6.71. The van der Waals surface area contributed by atoms with Crippen LogP contribution in [-0.4, -0.2) is 18.4 Å². The maximum atomic E-state index is 12.8. The van der Waals surface area contributed by atoms with Crippen molar-refractivity contribution >= 4 is 33.8 Å². The van der Waals surface area contributed by atoms with Crippen LogP contribution in [0.1, 0.15) is 73.0 Å². The monoisotopic (exact) mass is 452 g/mol. The number of carboxylic acid groups (broad SMARTS) is 1. The summed E-state index contributed by atoms with van der Waals surface area (Å²) >= 11 is 0. The van der Waals surface area contributed by atoms with Crippen LogP contribution in [0, 0.1) is 13.8 Å². The van der Waals surface area contributed by atoms with Crippen LogP contribution >= 0.6 is 0 Å². The predicted octanol–water partition coefficient (Wildman–Crippen LogP) is 3.39. The van der Waals surface area contributed by atoms with Gasteiger partial charge in [0, 0.05) is 52.8 Å². The number of amides is 1. The highest BCUT2D eigenvalue weighted by Gasteiger charge is 2.23. The van der Waals surface area contributed by atoms with Gasteiger partial charge in [0.2, 0.25) is 5.91 Å². The van der Waals surface area contributed by atoms with E-state index in [0.29, 0.717) is 43.4 Å². The van der Waals surface area contributed by atoms with Gasteiger partial charge in [0.25, 0.3) is 0 Å². The second-order valence-corrected chi connectivity index (χ2v) is 8.99. The highest BCUT2D eigenvalue weighted by molar-refractivity contribution is 6.00. The van der Waals surface area contributed by atoms with Crippen LogP contribution in [0.3, 0.4) is 0 Å². The molecule has 0 atom stereocenters. The van der Waals surface area contributed by atoms with E-state index in [-0.39, 0.29) is 18.7 Å². The van der Waals surface area contributed by atoms with Crippen LogP contribution in [0.5, 0.6) is 0 Å². The molecule has 0 spiro atoms. The predicted molar refractivity (Wildman–Crippen MR) is 123 cm³/mol. The molecule has 7 nitrogen and oxygen atoms in total. The average Bonchev–Trinajstić information content (AvgIpc) is 3.16. The molecule has 0 saturated heterocycles. The number of carboxylic acids is 1. The molecule has 0 radical (unpaired) electrons. The Morgan fingerprint density at radius 3 is 2.52 bits per heavy atom. The molecule has 2 heterocycles. The van der Waals surface area contributed by atoms with Crippen molar-refractivity contribution in [2.45, 2.75) is 78.1 Å². The lowest BCUT2D eigenvalue weighted by molar-refractivity contribution is -0.305. The minimum Gasteiger partial charge on any atom is -0.550 e. The summed E-state index contributed by atoms with van der Waals surface area (Å²) in [7, 11) is 0. The molecule has 33 heavy (non-hydrogen) atoms. The molecular formula is C26H30NO6-. The number of aryl methyl sites for hydroxylation is 4. The second-order valence-electron chi connectivity index (χ2n) is 8.99. The number of rotatable bonds is 9. The summed E-state index contributed by atoms with van der Waals surface area (Å²) in [6.07, 6.45) is 6.74. The minimum atomic E-state index is -1.05. The van der Waals surface area contributed by atoms with Crippen LogP contribution in [0.25, 0.3) is 21.9 Å². The number of benzene rings is 1. The Bertz CT molecular complexity index is 1270. The van der Waals surface area contributed by atoms with E-state index in [0.717, 1.165) is 58.9 Å². The highest BCUT2D eigenvalue weighted by Crippen LogP contribution is 2.37. The van der Waals surface area contributed by atoms with Crippen molar-refractivity contribution in [1.82, 2.24) is 5.32 Å². The molecular weight excluding hydrogens is 422 g/mol. The lowest BCUT2D eigenvalue weighted by Gasteiger charge is -2.11. The number of aliphatic carboxylic acids is 1. The van der Waals surface area contributed by atoms with Crippen molar-refractivity contribution in [3.8, 4) is 0 Å². The van der Waals surface area contributed by atoms with Crippen LogP contribution < -0.4 is 16.0 Å². The summed E-state index contributed by atoms with van der Waals surface area (Å²) < 4.78 is 11.9. The number of furan rings is 1. The van der Waals surface area contributed by atoms with Crippen molar-refractivity contribution in [1.29, 1.82) is 0 Å². The van der Waals surface area contributed by atoms with E-state index in [4.69, 9.17) is 8.83 Å². The standard InChI is InChI=1S/C26H31NO6/c1-15-17(11-12-22(28)27-13-7-3-4-10-23(29)30)26(31)33-24-16(2)25-20(14-19(15)24)18-8-5-6-9-21(18)32-25/h14H,3-13H2,1-2H3,(H,27,28)(H,29,30)/p-1. The fourth-order valence-corrected chi connectivity index (χ4v) is 4.83. The Morgan fingerprint density at radius 2 is 1.73 bits per heavy atom. The topological polar surface area (TPSA) is 113 Å². The second kappa shape index (κ2) is 9.81. The summed E-state index contributed by atoms with van der Waals surface area (Å²) in [5.41, 5.74) is 4.46. The summed E-state index contributed by atoms with van der Waals surface area (Å²) in [5.74, 6) is -0.136. The molecule has 1 aliphatic carbocycles. The lowest BCUT2D eigenvalue weighted by Crippen LogP contribution is -2.26. The van der Waals surface area contributed by atoms with Crippen molar-refractivity contribution in [3.63, 3.8) is 0 Å². The van der Waals surface area contributed by atoms with Gasteiger partial charge in [-0.05, 0) is 70.4 Å². The minimum absolute atomic E-state index is 0.0400. The van der Waals surface area contributed by atoms with E-state index in [9.17, 15) is 19.5 Å². The SMILES string of the molecule is Cc1c(CCC(=O)NCCCCCC(=O)[O-])c(=O)oc2c(C)c3oc4c(c3cc12)CCCC4. The van der Waals surface area contributed by atoms with Gasteiger partial charge in [0.05, 0.1) is 0 Å². The molecule has 4 rings (SSSR count).